The van der Waals surface area contributed by atoms with Gasteiger partial charge in [0.2, 0.25) is 5.88 Å². The molecule has 0 fully saturated rings. The molecule has 6 nitrogen and oxygen atoms in total. The molecule has 0 unspecified atom stereocenters. The minimum absolute atomic E-state index is 0.0248. The molecule has 0 aliphatic heterocycles. The van der Waals surface area contributed by atoms with E-state index in [1.165, 1.54) is 0 Å². The Labute approximate surface area is 123 Å². The molecule has 20 heavy (non-hydrogen) atoms. The smallest absolute Gasteiger partial charge is 0.305 e. The molecule has 1 aromatic carbocycles. The van der Waals surface area contributed by atoms with Crippen LogP contribution in [0.1, 0.15) is 0 Å². The number of hydrogen-bond acceptors (Lipinski definition) is 5. The van der Waals surface area contributed by atoms with Crippen molar-refractivity contribution in [1.82, 2.24) is 8.96 Å². The number of fused-ring (bicyclic) bond motifs is 1. The number of halogens is 1. The van der Waals surface area contributed by atoms with Gasteiger partial charge < -0.3 is 14.5 Å². The zero-order chi connectivity index (χ0) is 14.5. The van der Waals surface area contributed by atoms with Crippen LogP contribution in [-0.4, -0.2) is 22.5 Å². The van der Waals surface area contributed by atoms with Gasteiger partial charge in [-0.3, -0.25) is 0 Å². The monoisotopic (exact) mass is 330 g/mol. The lowest BCUT2D eigenvalue weighted by Gasteiger charge is -2.01. The average molecular weight is 331 g/mol. The summed E-state index contributed by atoms with van der Waals surface area (Å²) >= 11 is 10.9. The summed E-state index contributed by atoms with van der Waals surface area (Å²) in [4.78, 5) is 2.31. The number of imidazole rings is 1. The Hall–Kier alpha value is -1.77. The minimum Gasteiger partial charge on any atom is -0.493 e. The maximum atomic E-state index is 12.4. The number of hydrogen-bond donors (Lipinski definition) is 2. The summed E-state index contributed by atoms with van der Waals surface area (Å²) in [7, 11) is -4.12. The van der Waals surface area contributed by atoms with Crippen molar-refractivity contribution >= 4 is 44.8 Å². The fourth-order valence-electron chi connectivity index (χ4n) is 1.79. The Morgan fingerprint density at radius 1 is 1.35 bits per heavy atom. The maximum Gasteiger partial charge on any atom is 0.305 e. The molecular formula is C11H7ClN2O4S2. The number of nitrogens with zero attached hydrogens (tertiary/aromatic N) is 1. The van der Waals surface area contributed by atoms with E-state index < -0.39 is 15.1 Å². The number of aromatic hydroxyl groups is 1. The summed E-state index contributed by atoms with van der Waals surface area (Å²) in [6.45, 7) is 0. The molecular weight excluding hydrogens is 324 g/mol. The normalized spacial score (nSPS) is 12.1. The third-order valence-electron chi connectivity index (χ3n) is 2.67. The Bertz CT molecular complexity index is 968. The molecule has 2 N–H and O–H groups in total. The zero-order valence-corrected chi connectivity index (χ0v) is 12.1. The van der Waals surface area contributed by atoms with Crippen molar-refractivity contribution in [2.24, 2.45) is 0 Å². The van der Waals surface area contributed by atoms with Gasteiger partial charge in [0.1, 0.15) is 10.6 Å². The largest absolute Gasteiger partial charge is 0.493 e. The second kappa shape index (κ2) is 4.37. The van der Waals surface area contributed by atoms with E-state index in [0.29, 0.717) is 14.9 Å². The third-order valence-corrected chi connectivity index (χ3v) is 5.14. The average Bonchev–Trinajstić information content (AvgIpc) is 2.91. The van der Waals surface area contributed by atoms with Crippen LogP contribution in [0.3, 0.4) is 0 Å². The SMILES string of the molecule is O=S(=O)(c1oc2ccccc2c1Cl)n1cc(O)[nH]c1=S. The van der Waals surface area contributed by atoms with Crippen LogP contribution >= 0.6 is 23.8 Å². The van der Waals surface area contributed by atoms with Crippen molar-refractivity contribution in [3.8, 4) is 5.88 Å². The summed E-state index contributed by atoms with van der Waals surface area (Å²) in [5.74, 6) is -0.370. The Morgan fingerprint density at radius 3 is 2.65 bits per heavy atom. The van der Waals surface area contributed by atoms with Crippen molar-refractivity contribution in [3.63, 3.8) is 0 Å². The van der Waals surface area contributed by atoms with Gasteiger partial charge in [-0.1, -0.05) is 23.7 Å². The van der Waals surface area contributed by atoms with Crippen molar-refractivity contribution in [1.29, 1.82) is 0 Å². The van der Waals surface area contributed by atoms with Crippen LogP contribution in [-0.2, 0) is 10.0 Å². The van der Waals surface area contributed by atoms with Crippen LogP contribution < -0.4 is 0 Å². The lowest BCUT2D eigenvalue weighted by atomic mass is 10.3. The molecule has 3 aromatic rings. The molecule has 2 aromatic heterocycles. The topological polar surface area (TPSA) is 88.2 Å². The van der Waals surface area contributed by atoms with Gasteiger partial charge >= 0.3 is 10.0 Å². The summed E-state index contributed by atoms with van der Waals surface area (Å²) in [5.41, 5.74) is 0.349. The Morgan fingerprint density at radius 2 is 2.05 bits per heavy atom. The first-order valence-corrected chi connectivity index (χ1v) is 7.57. The predicted octanol–water partition coefficient (Wildman–Crippen LogP) is 2.89. The van der Waals surface area contributed by atoms with Gasteiger partial charge in [-0.25, -0.2) is 3.97 Å². The molecule has 0 aliphatic rings. The van der Waals surface area contributed by atoms with Crippen LogP contribution in [0.25, 0.3) is 11.0 Å². The quantitative estimate of drug-likeness (QED) is 0.705. The summed E-state index contributed by atoms with van der Waals surface area (Å²) in [6.07, 6.45) is 0.946. The number of benzene rings is 1. The van der Waals surface area contributed by atoms with Crippen molar-refractivity contribution in [3.05, 3.63) is 40.3 Å². The van der Waals surface area contributed by atoms with E-state index >= 15 is 0 Å². The first kappa shape index (κ1) is 13.2. The van der Waals surface area contributed by atoms with Crippen molar-refractivity contribution in [2.45, 2.75) is 5.09 Å². The molecule has 0 saturated carbocycles. The molecule has 0 radical (unpaired) electrons. The van der Waals surface area contributed by atoms with E-state index in [2.05, 4.69) is 4.98 Å². The van der Waals surface area contributed by atoms with Gasteiger partial charge in [-0.15, -0.1) is 0 Å². The summed E-state index contributed by atoms with van der Waals surface area (Å²) in [5, 5.41) is 9.32. The number of furan rings is 1. The molecule has 3 rings (SSSR count). The highest BCUT2D eigenvalue weighted by Crippen LogP contribution is 2.34. The second-order valence-electron chi connectivity index (χ2n) is 3.95. The number of para-hydroxylation sites is 1. The first-order valence-electron chi connectivity index (χ1n) is 5.34. The minimum atomic E-state index is -4.12. The highest BCUT2D eigenvalue weighted by atomic mass is 35.5. The number of aromatic amines is 1. The Kier molecular flexibility index (Phi) is 2.89. The zero-order valence-electron chi connectivity index (χ0n) is 9.70. The molecule has 104 valence electrons. The molecule has 0 aliphatic carbocycles. The van der Waals surface area contributed by atoms with Gasteiger partial charge in [-0.05, 0) is 24.4 Å². The number of H-pyrrole nitrogens is 1. The van der Waals surface area contributed by atoms with Gasteiger partial charge in [0.25, 0.3) is 5.09 Å². The number of nitrogens with one attached hydrogen (secondary N) is 1. The summed E-state index contributed by atoms with van der Waals surface area (Å²) < 4.78 is 30.7. The maximum absolute atomic E-state index is 12.4. The number of rotatable bonds is 2. The molecule has 2 heterocycles. The van der Waals surface area contributed by atoms with E-state index in [1.54, 1.807) is 24.3 Å². The molecule has 0 spiro atoms. The molecule has 0 bridgehead atoms. The highest BCUT2D eigenvalue weighted by Gasteiger charge is 2.28. The molecule has 0 atom stereocenters. The third kappa shape index (κ3) is 1.84. The molecule has 9 heteroatoms. The van der Waals surface area contributed by atoms with Crippen molar-refractivity contribution in [2.75, 3.05) is 0 Å². The van der Waals surface area contributed by atoms with E-state index in [4.69, 9.17) is 28.2 Å². The number of aromatic nitrogens is 2. The van der Waals surface area contributed by atoms with Gasteiger partial charge in [0.05, 0.1) is 6.20 Å². The molecule has 0 saturated heterocycles. The van der Waals surface area contributed by atoms with Crippen LogP contribution in [0.15, 0.2) is 40.0 Å². The second-order valence-corrected chi connectivity index (χ2v) is 6.42. The van der Waals surface area contributed by atoms with Crippen molar-refractivity contribution < 1.29 is 17.9 Å². The van der Waals surface area contributed by atoms with E-state index in [1.807, 2.05) is 0 Å². The fraction of sp³-hybridized carbons (Fsp3) is 0. The van der Waals surface area contributed by atoms with Crippen LogP contribution in [0, 0.1) is 4.77 Å². The standard InChI is InChI=1S/C11H7ClN2O4S2/c12-9-6-3-1-2-4-7(6)18-10(9)20(16,17)14-5-8(15)13-11(14)19/h1-5,15H,(H,13,19). The van der Waals surface area contributed by atoms with E-state index in [-0.39, 0.29) is 15.7 Å². The predicted molar refractivity (Wildman–Crippen MR) is 75.1 cm³/mol. The van der Waals surface area contributed by atoms with Gasteiger partial charge in [0, 0.05) is 5.39 Å². The summed E-state index contributed by atoms with van der Waals surface area (Å²) in [6, 6.07) is 6.67. The lowest BCUT2D eigenvalue weighted by molar-refractivity contribution is 0.455. The molecule has 0 amide bonds. The fourth-order valence-corrected chi connectivity index (χ4v) is 3.94. The highest BCUT2D eigenvalue weighted by molar-refractivity contribution is 7.90. The van der Waals surface area contributed by atoms with E-state index in [9.17, 15) is 13.5 Å². The van der Waals surface area contributed by atoms with Crippen LogP contribution in [0.4, 0.5) is 0 Å². The van der Waals surface area contributed by atoms with Crippen LogP contribution in [0.2, 0.25) is 5.02 Å². The first-order chi connectivity index (χ1) is 9.41. The van der Waals surface area contributed by atoms with Gasteiger partial charge in [-0.2, -0.15) is 8.42 Å². The van der Waals surface area contributed by atoms with Gasteiger partial charge in [0.15, 0.2) is 4.77 Å². The Balaban J connectivity index is 2.32. The van der Waals surface area contributed by atoms with Crippen LogP contribution in [0.5, 0.6) is 5.88 Å². The lowest BCUT2D eigenvalue weighted by Crippen LogP contribution is -2.11. The van der Waals surface area contributed by atoms with E-state index in [0.717, 1.165) is 6.20 Å².